The highest BCUT2D eigenvalue weighted by molar-refractivity contribution is 6.04. The summed E-state index contributed by atoms with van der Waals surface area (Å²) in [5.41, 5.74) is 9.34. The van der Waals surface area contributed by atoms with Gasteiger partial charge >= 0.3 is 0 Å². The summed E-state index contributed by atoms with van der Waals surface area (Å²) in [6, 6.07) is 44.1. The molecule has 0 saturated carbocycles. The first-order valence-electron chi connectivity index (χ1n) is 13.8. The number of hydrogen-bond donors (Lipinski definition) is 0. The summed E-state index contributed by atoms with van der Waals surface area (Å²) >= 11 is 0. The normalized spacial score (nSPS) is 11.4. The van der Waals surface area contributed by atoms with Crippen LogP contribution in [-0.4, -0.2) is 9.97 Å². The third-order valence-electron chi connectivity index (χ3n) is 7.17. The maximum atomic E-state index is 5.03. The van der Waals surface area contributed by atoms with Crippen molar-refractivity contribution in [1.29, 1.82) is 0 Å². The van der Waals surface area contributed by atoms with Crippen molar-refractivity contribution in [3.8, 4) is 45.0 Å². The fourth-order valence-corrected chi connectivity index (χ4v) is 5.12. The zero-order chi connectivity index (χ0) is 28.0. The Labute approximate surface area is 241 Å². The minimum absolute atomic E-state index is 0.714. The average molecular weight is 527 g/mol. The maximum absolute atomic E-state index is 5.03. The van der Waals surface area contributed by atoms with Crippen LogP contribution in [0.3, 0.4) is 0 Å². The van der Waals surface area contributed by atoms with Crippen molar-refractivity contribution >= 4 is 16.3 Å². The lowest BCUT2D eigenvalue weighted by Crippen LogP contribution is -1.96. The van der Waals surface area contributed by atoms with Crippen LogP contribution in [0.4, 0.5) is 0 Å². The first-order valence-corrected chi connectivity index (χ1v) is 13.8. The molecule has 0 radical (unpaired) electrons. The Kier molecular flexibility index (Phi) is 7.46. The molecule has 196 valence electrons. The highest BCUT2D eigenvalue weighted by atomic mass is 14.9. The van der Waals surface area contributed by atoms with Crippen molar-refractivity contribution in [2.24, 2.45) is 0 Å². The highest BCUT2D eigenvalue weighted by Gasteiger charge is 2.13. The van der Waals surface area contributed by atoms with Crippen LogP contribution >= 0.6 is 0 Å². The molecule has 1 heterocycles. The molecule has 0 bridgehead atoms. The molecule has 0 unspecified atom stereocenters. The summed E-state index contributed by atoms with van der Waals surface area (Å²) in [6.45, 7) is 6.35. The molecule has 41 heavy (non-hydrogen) atoms. The number of hydrogen-bond acceptors (Lipinski definition) is 2. The van der Waals surface area contributed by atoms with Gasteiger partial charge in [0.25, 0.3) is 0 Å². The Hall–Kier alpha value is -5.34. The standard InChI is InChI=1S/C39H30N2/c1-3-4-7-15-28(2)33-24-25-34(36-23-13-12-22-35(33)36)31-20-14-21-32(26-31)38-27-37(29-16-8-5-9-17-29)40-39(41-38)30-18-10-6-11-19-30/h3-27H,2H2,1H3/b4-3-,15-7-. The van der Waals surface area contributed by atoms with Crippen LogP contribution in [0.15, 0.2) is 158 Å². The molecule has 6 aromatic rings. The van der Waals surface area contributed by atoms with Crippen LogP contribution in [0, 0.1) is 0 Å². The fraction of sp³-hybridized carbons (Fsp3) is 0.0256. The van der Waals surface area contributed by atoms with Crippen LogP contribution < -0.4 is 0 Å². The topological polar surface area (TPSA) is 25.8 Å². The largest absolute Gasteiger partial charge is 0.228 e. The van der Waals surface area contributed by atoms with Crippen LogP contribution in [-0.2, 0) is 0 Å². The maximum Gasteiger partial charge on any atom is 0.160 e. The quantitative estimate of drug-likeness (QED) is 0.193. The molecule has 0 spiro atoms. The molecule has 5 aromatic carbocycles. The molecule has 6 rings (SSSR count). The van der Waals surface area contributed by atoms with Crippen LogP contribution in [0.5, 0.6) is 0 Å². The summed E-state index contributed by atoms with van der Waals surface area (Å²) < 4.78 is 0. The molecule has 0 aliphatic heterocycles. The fourth-order valence-electron chi connectivity index (χ4n) is 5.12. The smallest absolute Gasteiger partial charge is 0.160 e. The molecule has 0 N–H and O–H groups in total. The molecular weight excluding hydrogens is 496 g/mol. The van der Waals surface area contributed by atoms with Gasteiger partial charge < -0.3 is 0 Å². The van der Waals surface area contributed by atoms with Crippen LogP contribution in [0.1, 0.15) is 12.5 Å². The second-order valence-corrected chi connectivity index (χ2v) is 9.89. The van der Waals surface area contributed by atoms with Gasteiger partial charge in [-0.15, -0.1) is 0 Å². The Balaban J connectivity index is 1.47. The monoisotopic (exact) mass is 526 g/mol. The highest BCUT2D eigenvalue weighted by Crippen LogP contribution is 2.36. The van der Waals surface area contributed by atoms with Gasteiger partial charge in [-0.05, 0) is 52.1 Å². The molecule has 0 amide bonds. The van der Waals surface area contributed by atoms with Crippen molar-refractivity contribution in [2.45, 2.75) is 6.92 Å². The van der Waals surface area contributed by atoms with Crippen molar-refractivity contribution < 1.29 is 0 Å². The molecular formula is C39H30N2. The summed E-state index contributed by atoms with van der Waals surface area (Å²) in [6.07, 6.45) is 8.13. The number of allylic oxidation sites excluding steroid dienone is 5. The van der Waals surface area contributed by atoms with Crippen molar-refractivity contribution in [1.82, 2.24) is 9.97 Å². The lowest BCUT2D eigenvalue weighted by atomic mass is 9.91. The van der Waals surface area contributed by atoms with E-state index in [4.69, 9.17) is 9.97 Å². The van der Waals surface area contributed by atoms with Gasteiger partial charge in [-0.1, -0.05) is 146 Å². The van der Waals surface area contributed by atoms with Gasteiger partial charge in [0.15, 0.2) is 5.82 Å². The van der Waals surface area contributed by atoms with Gasteiger partial charge in [0.2, 0.25) is 0 Å². The van der Waals surface area contributed by atoms with E-state index in [1.54, 1.807) is 0 Å². The molecule has 2 nitrogen and oxygen atoms in total. The van der Waals surface area contributed by atoms with E-state index in [1.165, 1.54) is 16.3 Å². The first-order chi connectivity index (χ1) is 20.2. The van der Waals surface area contributed by atoms with E-state index in [9.17, 15) is 0 Å². The number of benzene rings is 5. The molecule has 0 saturated heterocycles. The zero-order valence-corrected chi connectivity index (χ0v) is 23.0. The van der Waals surface area contributed by atoms with E-state index in [2.05, 4.69) is 104 Å². The Morgan fingerprint density at radius 3 is 1.90 bits per heavy atom. The Bertz CT molecular complexity index is 1840. The lowest BCUT2D eigenvalue weighted by Gasteiger charge is -2.14. The van der Waals surface area contributed by atoms with E-state index in [-0.39, 0.29) is 0 Å². The summed E-state index contributed by atoms with van der Waals surface area (Å²) in [5.74, 6) is 0.714. The van der Waals surface area contributed by atoms with Gasteiger partial charge in [0, 0.05) is 16.7 Å². The van der Waals surface area contributed by atoms with Crippen LogP contribution in [0.25, 0.3) is 61.4 Å². The predicted molar refractivity (Wildman–Crippen MR) is 174 cm³/mol. The van der Waals surface area contributed by atoms with E-state index in [0.29, 0.717) is 5.82 Å². The SMILES string of the molecule is C=C(/C=C\C=C/C)c1ccc(-c2cccc(-c3cc(-c4ccccc4)nc(-c4ccccc4)n3)c2)c2ccccc12. The average Bonchev–Trinajstić information content (AvgIpc) is 3.05. The molecule has 0 atom stereocenters. The van der Waals surface area contributed by atoms with Crippen molar-refractivity contribution in [2.75, 3.05) is 0 Å². The second-order valence-electron chi connectivity index (χ2n) is 9.89. The predicted octanol–water partition coefficient (Wildman–Crippen LogP) is 10.4. The number of fused-ring (bicyclic) bond motifs is 1. The number of rotatable bonds is 7. The van der Waals surface area contributed by atoms with Crippen molar-refractivity contribution in [3.05, 3.63) is 164 Å². The molecule has 0 aliphatic carbocycles. The molecule has 0 aliphatic rings. The summed E-state index contributed by atoms with van der Waals surface area (Å²) in [4.78, 5) is 9.98. The summed E-state index contributed by atoms with van der Waals surface area (Å²) in [5, 5.41) is 2.38. The van der Waals surface area contributed by atoms with Gasteiger partial charge in [0.1, 0.15) is 0 Å². The minimum Gasteiger partial charge on any atom is -0.228 e. The van der Waals surface area contributed by atoms with Gasteiger partial charge in [-0.3, -0.25) is 0 Å². The van der Waals surface area contributed by atoms with E-state index in [0.717, 1.165) is 44.8 Å². The van der Waals surface area contributed by atoms with Gasteiger partial charge in [-0.2, -0.15) is 0 Å². The van der Waals surface area contributed by atoms with Gasteiger partial charge in [0.05, 0.1) is 11.4 Å². The van der Waals surface area contributed by atoms with Gasteiger partial charge in [-0.25, -0.2) is 9.97 Å². The zero-order valence-electron chi connectivity index (χ0n) is 23.0. The third kappa shape index (κ3) is 5.54. The third-order valence-corrected chi connectivity index (χ3v) is 7.17. The van der Waals surface area contributed by atoms with E-state index < -0.39 is 0 Å². The number of nitrogens with zero attached hydrogens (tertiary/aromatic N) is 2. The molecule has 2 heteroatoms. The first kappa shape index (κ1) is 25.9. The molecule has 1 aromatic heterocycles. The second kappa shape index (κ2) is 11.8. The number of aromatic nitrogens is 2. The Morgan fingerprint density at radius 2 is 1.17 bits per heavy atom. The van der Waals surface area contributed by atoms with Crippen molar-refractivity contribution in [3.63, 3.8) is 0 Å². The summed E-state index contributed by atoms with van der Waals surface area (Å²) in [7, 11) is 0. The molecule has 0 fully saturated rings. The minimum atomic E-state index is 0.714. The van der Waals surface area contributed by atoms with Crippen LogP contribution in [0.2, 0.25) is 0 Å². The van der Waals surface area contributed by atoms with E-state index in [1.807, 2.05) is 61.5 Å². The van der Waals surface area contributed by atoms with E-state index >= 15 is 0 Å². The Morgan fingerprint density at radius 1 is 0.561 bits per heavy atom. The lowest BCUT2D eigenvalue weighted by molar-refractivity contribution is 1.18.